The van der Waals surface area contributed by atoms with Gasteiger partial charge in [-0.3, -0.25) is 0 Å². The lowest BCUT2D eigenvalue weighted by molar-refractivity contribution is 0.232. The Bertz CT molecular complexity index is 64.5. The van der Waals surface area contributed by atoms with Gasteiger partial charge in [-0.15, -0.1) is 0 Å². The van der Waals surface area contributed by atoms with Crippen molar-refractivity contribution in [2.75, 3.05) is 0 Å². The maximum atomic E-state index is 5.54. The molecule has 0 radical (unpaired) electrons. The first kappa shape index (κ1) is 5.06. The van der Waals surface area contributed by atoms with Gasteiger partial charge in [0.1, 0.15) is 0 Å². The van der Waals surface area contributed by atoms with E-state index in [-0.39, 0.29) is 12.1 Å². The molecule has 0 heterocycles. The molecule has 3 atom stereocenters. The van der Waals surface area contributed by atoms with Crippen molar-refractivity contribution in [2.45, 2.75) is 25.4 Å². The van der Waals surface area contributed by atoms with E-state index in [2.05, 4.69) is 6.92 Å². The van der Waals surface area contributed by atoms with Crippen molar-refractivity contribution in [3.63, 3.8) is 0 Å². The lowest BCUT2D eigenvalue weighted by Crippen LogP contribution is -2.56. The Hall–Kier alpha value is -0.0800. The third-order valence-corrected chi connectivity index (χ3v) is 1.80. The third kappa shape index (κ3) is 0.640. The summed E-state index contributed by atoms with van der Waals surface area (Å²) in [5.41, 5.74) is 11.0. The van der Waals surface area contributed by atoms with Gasteiger partial charge in [-0.2, -0.15) is 0 Å². The first-order chi connectivity index (χ1) is 3.22. The number of hydrogen-bond acceptors (Lipinski definition) is 2. The molecule has 1 fully saturated rings. The van der Waals surface area contributed by atoms with E-state index in [4.69, 9.17) is 11.5 Å². The van der Waals surface area contributed by atoms with Gasteiger partial charge < -0.3 is 11.5 Å². The summed E-state index contributed by atoms with van der Waals surface area (Å²) in [6.07, 6.45) is 1.11. The Labute approximate surface area is 43.9 Å². The lowest BCUT2D eigenvalue weighted by Gasteiger charge is -2.37. The highest BCUT2D eigenvalue weighted by atomic mass is 14.8. The molecule has 0 aliphatic heterocycles. The Kier molecular flexibility index (Phi) is 1.05. The van der Waals surface area contributed by atoms with Crippen LogP contribution in [0.5, 0.6) is 0 Å². The summed E-state index contributed by atoms with van der Waals surface area (Å²) >= 11 is 0. The largest absolute Gasteiger partial charge is 0.326 e. The van der Waals surface area contributed by atoms with E-state index >= 15 is 0 Å². The minimum Gasteiger partial charge on any atom is -0.326 e. The first-order valence-corrected chi connectivity index (χ1v) is 2.73. The Balaban J connectivity index is 2.29. The van der Waals surface area contributed by atoms with E-state index in [1.54, 1.807) is 0 Å². The molecular weight excluding hydrogens is 88.1 g/mol. The molecule has 0 spiro atoms. The molecule has 7 heavy (non-hydrogen) atoms. The zero-order valence-electron chi connectivity index (χ0n) is 4.59. The predicted molar refractivity (Wildman–Crippen MR) is 29.7 cm³/mol. The van der Waals surface area contributed by atoms with Gasteiger partial charge in [0.2, 0.25) is 0 Å². The van der Waals surface area contributed by atoms with Crippen LogP contribution in [0.4, 0.5) is 0 Å². The van der Waals surface area contributed by atoms with Crippen LogP contribution < -0.4 is 11.5 Å². The molecule has 1 rings (SSSR count). The summed E-state index contributed by atoms with van der Waals surface area (Å²) in [5, 5.41) is 0. The van der Waals surface area contributed by atoms with Crippen LogP contribution in [0.1, 0.15) is 13.3 Å². The molecule has 1 aliphatic rings. The molecule has 4 N–H and O–H groups in total. The summed E-state index contributed by atoms with van der Waals surface area (Å²) in [6.45, 7) is 2.13. The van der Waals surface area contributed by atoms with Crippen molar-refractivity contribution in [3.8, 4) is 0 Å². The summed E-state index contributed by atoms with van der Waals surface area (Å²) < 4.78 is 0. The van der Waals surface area contributed by atoms with Gasteiger partial charge in [-0.05, 0) is 12.3 Å². The molecule has 0 aromatic heterocycles. The van der Waals surface area contributed by atoms with Gasteiger partial charge in [0.15, 0.2) is 0 Å². The molecule has 2 nitrogen and oxygen atoms in total. The number of hydrogen-bond donors (Lipinski definition) is 2. The standard InChI is InChI=1S/C5H12N2/c1-3-2-4(6)5(3)7/h3-5H,2,6-7H2,1H3/t3?,4-,5+/m1/s1. The molecule has 42 valence electrons. The monoisotopic (exact) mass is 100 g/mol. The highest BCUT2D eigenvalue weighted by molar-refractivity contribution is 4.92. The SMILES string of the molecule is CC1C[C@@H](N)[C@H]1N. The Morgan fingerprint density at radius 2 is 2.00 bits per heavy atom. The zero-order valence-corrected chi connectivity index (χ0v) is 4.59. The normalized spacial score (nSPS) is 51.0. The van der Waals surface area contributed by atoms with E-state index in [1.165, 1.54) is 0 Å². The molecule has 0 aromatic carbocycles. The van der Waals surface area contributed by atoms with Gasteiger partial charge in [0.25, 0.3) is 0 Å². The van der Waals surface area contributed by atoms with Crippen molar-refractivity contribution in [2.24, 2.45) is 17.4 Å². The van der Waals surface area contributed by atoms with Crippen LogP contribution in [-0.2, 0) is 0 Å². The molecule has 0 amide bonds. The maximum Gasteiger partial charge on any atom is 0.0219 e. The third-order valence-electron chi connectivity index (χ3n) is 1.80. The average molecular weight is 100 g/mol. The van der Waals surface area contributed by atoms with Crippen molar-refractivity contribution in [1.82, 2.24) is 0 Å². The predicted octanol–water partition coefficient (Wildman–Crippen LogP) is -0.319. The van der Waals surface area contributed by atoms with E-state index in [0.717, 1.165) is 6.42 Å². The van der Waals surface area contributed by atoms with E-state index < -0.39 is 0 Å². The highest BCUT2D eigenvalue weighted by Crippen LogP contribution is 2.22. The summed E-state index contributed by atoms with van der Waals surface area (Å²) in [4.78, 5) is 0. The zero-order chi connectivity index (χ0) is 5.44. The van der Waals surface area contributed by atoms with E-state index in [0.29, 0.717) is 5.92 Å². The number of nitrogens with two attached hydrogens (primary N) is 2. The van der Waals surface area contributed by atoms with Gasteiger partial charge in [0.05, 0.1) is 0 Å². The minimum absolute atomic E-state index is 0.278. The number of rotatable bonds is 0. The van der Waals surface area contributed by atoms with Crippen LogP contribution in [0, 0.1) is 5.92 Å². The van der Waals surface area contributed by atoms with Crippen molar-refractivity contribution in [1.29, 1.82) is 0 Å². The Morgan fingerprint density at radius 1 is 1.43 bits per heavy atom. The van der Waals surface area contributed by atoms with Crippen molar-refractivity contribution >= 4 is 0 Å². The molecule has 0 saturated heterocycles. The summed E-state index contributed by atoms with van der Waals surface area (Å²) in [5.74, 6) is 0.662. The second-order valence-electron chi connectivity index (χ2n) is 2.45. The molecule has 1 saturated carbocycles. The lowest BCUT2D eigenvalue weighted by atomic mass is 9.77. The van der Waals surface area contributed by atoms with Gasteiger partial charge in [-0.1, -0.05) is 6.92 Å². The fourth-order valence-electron chi connectivity index (χ4n) is 0.970. The van der Waals surface area contributed by atoms with Gasteiger partial charge >= 0.3 is 0 Å². The molecule has 2 heteroatoms. The van der Waals surface area contributed by atoms with Crippen molar-refractivity contribution in [3.05, 3.63) is 0 Å². The van der Waals surface area contributed by atoms with Crippen LogP contribution in [-0.4, -0.2) is 12.1 Å². The molecule has 0 bridgehead atoms. The maximum absolute atomic E-state index is 5.54. The topological polar surface area (TPSA) is 52.0 Å². The molecule has 1 aliphatic carbocycles. The van der Waals surface area contributed by atoms with Crippen LogP contribution in [0.2, 0.25) is 0 Å². The van der Waals surface area contributed by atoms with E-state index in [9.17, 15) is 0 Å². The average Bonchev–Trinajstić information content (AvgIpc) is 1.68. The Morgan fingerprint density at radius 3 is 2.00 bits per heavy atom. The van der Waals surface area contributed by atoms with Gasteiger partial charge in [0, 0.05) is 12.1 Å². The van der Waals surface area contributed by atoms with Gasteiger partial charge in [-0.25, -0.2) is 0 Å². The van der Waals surface area contributed by atoms with Crippen LogP contribution in [0.25, 0.3) is 0 Å². The fourth-order valence-corrected chi connectivity index (χ4v) is 0.970. The van der Waals surface area contributed by atoms with Crippen LogP contribution >= 0.6 is 0 Å². The first-order valence-electron chi connectivity index (χ1n) is 2.73. The second kappa shape index (κ2) is 1.46. The summed E-state index contributed by atoms with van der Waals surface area (Å²) in [6, 6.07) is 0.565. The molecule has 0 aromatic rings. The minimum atomic E-state index is 0.278. The summed E-state index contributed by atoms with van der Waals surface area (Å²) in [7, 11) is 0. The van der Waals surface area contributed by atoms with Crippen LogP contribution in [0.15, 0.2) is 0 Å². The van der Waals surface area contributed by atoms with Crippen molar-refractivity contribution < 1.29 is 0 Å². The van der Waals surface area contributed by atoms with Crippen LogP contribution in [0.3, 0.4) is 0 Å². The molecule has 1 unspecified atom stereocenters. The smallest absolute Gasteiger partial charge is 0.0219 e. The molecular formula is C5H12N2. The second-order valence-corrected chi connectivity index (χ2v) is 2.45. The fraction of sp³-hybridized carbons (Fsp3) is 1.00. The quantitative estimate of drug-likeness (QED) is 0.438. The van der Waals surface area contributed by atoms with E-state index in [1.807, 2.05) is 0 Å². The highest BCUT2D eigenvalue weighted by Gasteiger charge is 2.31.